The van der Waals surface area contributed by atoms with Crippen LogP contribution in [0.3, 0.4) is 0 Å². The average Bonchev–Trinajstić information content (AvgIpc) is 3.32. The molecule has 4 aliphatic heterocycles. The van der Waals surface area contributed by atoms with Crippen molar-refractivity contribution in [3.8, 4) is 17.2 Å². The molecule has 0 aliphatic carbocycles. The van der Waals surface area contributed by atoms with Gasteiger partial charge in [-0.05, 0) is 62.4 Å². The van der Waals surface area contributed by atoms with Gasteiger partial charge in [-0.25, -0.2) is 0 Å². The second-order valence-electron chi connectivity index (χ2n) is 9.79. The molecule has 4 heterocycles. The number of amides is 1. The molecule has 0 aromatic heterocycles. The minimum atomic E-state index is -0.972. The molecular weight excluding hydrogens is 420 g/mol. The van der Waals surface area contributed by atoms with Crippen LogP contribution in [0.15, 0.2) is 36.4 Å². The number of nitrogens with zero attached hydrogens (tertiary/aromatic N) is 2. The second kappa shape index (κ2) is 7.92. The minimum absolute atomic E-state index is 0.000557. The largest absolute Gasteiger partial charge is 0.504 e. The summed E-state index contributed by atoms with van der Waals surface area (Å²) in [5, 5.41) is 20.1. The van der Waals surface area contributed by atoms with Gasteiger partial charge in [0.15, 0.2) is 11.5 Å². The van der Waals surface area contributed by atoms with E-state index in [0.29, 0.717) is 29.8 Å². The first-order valence-electron chi connectivity index (χ1n) is 12.0. The standard InChI is InChI=1S/C26H30N2O5/c29-22-13-20-24(14-23(22)30)33-16-26(20)19-3-1-2-4-21(19)28(25(26)31)15-17-5-9-27(10-6-17)18-7-11-32-12-8-18/h1-4,13-14,17-18,29-30H,5-12,15-16H2. The van der Waals surface area contributed by atoms with E-state index in [1.165, 1.54) is 12.1 Å². The summed E-state index contributed by atoms with van der Waals surface area (Å²) in [5.74, 6) is 0.434. The fourth-order valence-corrected chi connectivity index (χ4v) is 6.19. The lowest BCUT2D eigenvalue weighted by atomic mass is 9.77. The van der Waals surface area contributed by atoms with Crippen LogP contribution in [0, 0.1) is 5.92 Å². The highest BCUT2D eigenvalue weighted by Crippen LogP contribution is 2.54. The molecule has 2 saturated heterocycles. The van der Waals surface area contributed by atoms with Crippen LogP contribution in [0.25, 0.3) is 0 Å². The molecule has 1 spiro atoms. The number of carbonyl (C=O) groups excluding carboxylic acids is 1. The summed E-state index contributed by atoms with van der Waals surface area (Å²) in [6, 6.07) is 11.4. The molecule has 2 aromatic rings. The monoisotopic (exact) mass is 450 g/mol. The number of hydrogen-bond donors (Lipinski definition) is 2. The number of benzene rings is 2. The van der Waals surface area contributed by atoms with Gasteiger partial charge < -0.3 is 29.5 Å². The van der Waals surface area contributed by atoms with Crippen molar-refractivity contribution < 1.29 is 24.5 Å². The number of aromatic hydroxyl groups is 2. The van der Waals surface area contributed by atoms with E-state index in [4.69, 9.17) is 9.47 Å². The summed E-state index contributed by atoms with van der Waals surface area (Å²) in [7, 11) is 0. The number of phenolic OH excluding ortho intramolecular Hbond substituents is 2. The number of likely N-dealkylation sites (tertiary alicyclic amines) is 1. The maximum atomic E-state index is 14.0. The molecule has 6 rings (SSSR count). The molecule has 174 valence electrons. The van der Waals surface area contributed by atoms with Gasteiger partial charge in [0.05, 0.1) is 0 Å². The zero-order valence-electron chi connectivity index (χ0n) is 18.7. The van der Waals surface area contributed by atoms with Gasteiger partial charge in [0, 0.05) is 43.1 Å². The van der Waals surface area contributed by atoms with Crippen LogP contribution in [-0.4, -0.2) is 66.5 Å². The van der Waals surface area contributed by atoms with E-state index in [1.807, 2.05) is 29.2 Å². The fourth-order valence-electron chi connectivity index (χ4n) is 6.19. The van der Waals surface area contributed by atoms with Gasteiger partial charge in [0.1, 0.15) is 17.8 Å². The first-order chi connectivity index (χ1) is 16.1. The van der Waals surface area contributed by atoms with Gasteiger partial charge in [-0.1, -0.05) is 18.2 Å². The van der Waals surface area contributed by atoms with Gasteiger partial charge >= 0.3 is 0 Å². The third-order valence-corrected chi connectivity index (χ3v) is 8.04. The van der Waals surface area contributed by atoms with E-state index in [2.05, 4.69) is 4.90 Å². The Kier molecular flexibility index (Phi) is 4.99. The molecule has 7 heteroatoms. The topological polar surface area (TPSA) is 82.5 Å². The second-order valence-corrected chi connectivity index (χ2v) is 9.79. The lowest BCUT2D eigenvalue weighted by Crippen LogP contribution is -2.47. The van der Waals surface area contributed by atoms with Crippen LogP contribution in [0.5, 0.6) is 17.2 Å². The van der Waals surface area contributed by atoms with Crippen molar-refractivity contribution in [3.05, 3.63) is 47.5 Å². The Morgan fingerprint density at radius 3 is 2.48 bits per heavy atom. The van der Waals surface area contributed by atoms with Crippen LogP contribution in [0.1, 0.15) is 36.8 Å². The number of para-hydroxylation sites is 1. The van der Waals surface area contributed by atoms with E-state index in [0.717, 1.165) is 63.2 Å². The highest BCUT2D eigenvalue weighted by molar-refractivity contribution is 6.11. The van der Waals surface area contributed by atoms with Crippen molar-refractivity contribution in [3.63, 3.8) is 0 Å². The van der Waals surface area contributed by atoms with Crippen molar-refractivity contribution in [2.75, 3.05) is 44.4 Å². The summed E-state index contributed by atoms with van der Waals surface area (Å²) >= 11 is 0. The Bertz CT molecular complexity index is 1070. The summed E-state index contributed by atoms with van der Waals surface area (Å²) in [6.07, 6.45) is 4.40. The molecule has 2 N–H and O–H groups in total. The summed E-state index contributed by atoms with van der Waals surface area (Å²) in [6.45, 7) is 4.75. The molecule has 2 fully saturated rings. The number of carbonyl (C=O) groups is 1. The summed E-state index contributed by atoms with van der Waals surface area (Å²) < 4.78 is 11.4. The lowest BCUT2D eigenvalue weighted by molar-refractivity contribution is -0.122. The predicted octanol–water partition coefficient (Wildman–Crippen LogP) is 3.01. The van der Waals surface area contributed by atoms with E-state index in [1.54, 1.807) is 0 Å². The Hall–Kier alpha value is -2.77. The Morgan fingerprint density at radius 2 is 1.70 bits per heavy atom. The number of fused-ring (bicyclic) bond motifs is 4. The van der Waals surface area contributed by atoms with E-state index in [9.17, 15) is 15.0 Å². The van der Waals surface area contributed by atoms with Crippen molar-refractivity contribution in [1.82, 2.24) is 4.90 Å². The Morgan fingerprint density at radius 1 is 0.970 bits per heavy atom. The molecule has 0 bridgehead atoms. The van der Waals surface area contributed by atoms with Crippen molar-refractivity contribution in [1.29, 1.82) is 0 Å². The molecule has 1 amide bonds. The minimum Gasteiger partial charge on any atom is -0.504 e. The highest BCUT2D eigenvalue weighted by atomic mass is 16.5. The molecular formula is C26H30N2O5. The number of rotatable bonds is 3. The fraction of sp³-hybridized carbons (Fsp3) is 0.500. The zero-order chi connectivity index (χ0) is 22.6. The third kappa shape index (κ3) is 3.21. The Balaban J connectivity index is 1.25. The van der Waals surface area contributed by atoms with Crippen LogP contribution >= 0.6 is 0 Å². The molecule has 2 aromatic carbocycles. The third-order valence-electron chi connectivity index (χ3n) is 8.04. The van der Waals surface area contributed by atoms with E-state index >= 15 is 0 Å². The predicted molar refractivity (Wildman–Crippen MR) is 123 cm³/mol. The summed E-state index contributed by atoms with van der Waals surface area (Å²) in [4.78, 5) is 18.6. The molecule has 1 atom stereocenters. The van der Waals surface area contributed by atoms with E-state index < -0.39 is 5.41 Å². The quantitative estimate of drug-likeness (QED) is 0.700. The molecule has 0 saturated carbocycles. The van der Waals surface area contributed by atoms with Gasteiger partial charge in [-0.2, -0.15) is 0 Å². The van der Waals surface area contributed by atoms with Crippen LogP contribution in [-0.2, 0) is 14.9 Å². The number of anilines is 1. The van der Waals surface area contributed by atoms with Gasteiger partial charge in [-0.15, -0.1) is 0 Å². The lowest BCUT2D eigenvalue weighted by Gasteiger charge is -2.40. The van der Waals surface area contributed by atoms with Crippen LogP contribution in [0.2, 0.25) is 0 Å². The first kappa shape index (κ1) is 20.8. The van der Waals surface area contributed by atoms with E-state index in [-0.39, 0.29) is 24.0 Å². The van der Waals surface area contributed by atoms with Crippen molar-refractivity contribution >= 4 is 11.6 Å². The Labute approximate surface area is 193 Å². The molecule has 1 unspecified atom stereocenters. The van der Waals surface area contributed by atoms with Crippen molar-refractivity contribution in [2.45, 2.75) is 37.1 Å². The molecule has 0 radical (unpaired) electrons. The highest BCUT2D eigenvalue weighted by Gasteiger charge is 2.57. The van der Waals surface area contributed by atoms with Crippen molar-refractivity contribution in [2.24, 2.45) is 5.92 Å². The molecule has 33 heavy (non-hydrogen) atoms. The first-order valence-corrected chi connectivity index (χ1v) is 12.0. The van der Waals surface area contributed by atoms with Gasteiger partial charge in [0.2, 0.25) is 5.91 Å². The molecule has 7 nitrogen and oxygen atoms in total. The number of piperidine rings is 1. The SMILES string of the molecule is O=C1N(CC2CCN(C3CCOCC3)CC2)c2ccccc2C12COc1cc(O)c(O)cc12. The van der Waals surface area contributed by atoms with Gasteiger partial charge in [-0.3, -0.25) is 4.79 Å². The number of hydrogen-bond acceptors (Lipinski definition) is 6. The summed E-state index contributed by atoms with van der Waals surface area (Å²) in [5.41, 5.74) is 1.50. The van der Waals surface area contributed by atoms with Gasteiger partial charge in [0.25, 0.3) is 0 Å². The smallest absolute Gasteiger partial charge is 0.245 e. The van der Waals surface area contributed by atoms with Crippen LogP contribution in [0.4, 0.5) is 5.69 Å². The number of ether oxygens (including phenoxy) is 2. The number of phenols is 2. The maximum absolute atomic E-state index is 14.0. The van der Waals surface area contributed by atoms with Crippen LogP contribution < -0.4 is 9.64 Å². The average molecular weight is 451 g/mol. The zero-order valence-corrected chi connectivity index (χ0v) is 18.7. The molecule has 4 aliphatic rings. The maximum Gasteiger partial charge on any atom is 0.245 e. The normalized spacial score (nSPS) is 25.9.